The number of carbonyl (C=O) groups excluding carboxylic acids is 2. The number of carbonyl (C=O) groups is 2. The molecule has 0 spiro atoms. The number of anilines is 1. The third-order valence-electron chi connectivity index (χ3n) is 3.77. The van der Waals surface area contributed by atoms with Crippen LogP contribution in [-0.2, 0) is 11.3 Å². The molecule has 5 nitrogen and oxygen atoms in total. The van der Waals surface area contributed by atoms with Gasteiger partial charge in [-0.25, -0.2) is 0 Å². The Labute approximate surface area is 152 Å². The minimum absolute atomic E-state index is 0.00229. The molecule has 25 heavy (non-hydrogen) atoms. The molecule has 1 unspecified atom stereocenters. The van der Waals surface area contributed by atoms with Crippen molar-refractivity contribution in [1.29, 1.82) is 0 Å². The monoisotopic (exact) mass is 361 g/mol. The fraction of sp³-hybridized carbons (Fsp3) is 0.263. The van der Waals surface area contributed by atoms with Gasteiger partial charge < -0.3 is 15.0 Å². The number of ether oxygens (including phenoxy) is 1. The van der Waals surface area contributed by atoms with E-state index in [1.54, 1.807) is 37.4 Å². The van der Waals surface area contributed by atoms with Gasteiger partial charge in [-0.15, -0.1) is 0 Å². The van der Waals surface area contributed by atoms with E-state index < -0.39 is 0 Å². The van der Waals surface area contributed by atoms with Gasteiger partial charge in [-0.1, -0.05) is 11.6 Å². The number of amides is 1. The second-order valence-corrected chi connectivity index (χ2v) is 6.38. The van der Waals surface area contributed by atoms with Gasteiger partial charge >= 0.3 is 0 Å². The van der Waals surface area contributed by atoms with Gasteiger partial charge in [0.1, 0.15) is 12.3 Å². The van der Waals surface area contributed by atoms with E-state index in [9.17, 15) is 9.59 Å². The molecule has 1 amide bonds. The molecule has 132 valence electrons. The number of methoxy groups -OCH3 is 1. The minimum Gasteiger partial charge on any atom is -0.496 e. The summed E-state index contributed by atoms with van der Waals surface area (Å²) in [5.74, 6) is 0.649. The van der Waals surface area contributed by atoms with Gasteiger partial charge in [-0.3, -0.25) is 9.59 Å². The molecule has 0 aliphatic rings. The van der Waals surface area contributed by atoms with E-state index in [0.717, 1.165) is 16.2 Å². The first-order valence-electron chi connectivity index (χ1n) is 7.93. The van der Waals surface area contributed by atoms with E-state index in [1.165, 1.54) is 6.92 Å². The number of nitrogens with one attached hydrogen (secondary N) is 2. The summed E-state index contributed by atoms with van der Waals surface area (Å²) in [6, 6.07) is 12.3. The molecule has 2 N–H and O–H groups in total. The highest BCUT2D eigenvalue weighted by atomic mass is 35.5. The summed E-state index contributed by atoms with van der Waals surface area (Å²) in [5, 5.41) is 3.47. The van der Waals surface area contributed by atoms with E-state index in [4.69, 9.17) is 16.3 Å². The van der Waals surface area contributed by atoms with Gasteiger partial charge in [0, 0.05) is 21.8 Å². The Kier molecular flexibility index (Phi) is 6.56. The lowest BCUT2D eigenvalue weighted by Crippen LogP contribution is -3.08. The summed E-state index contributed by atoms with van der Waals surface area (Å²) in [6.45, 7) is 2.42. The van der Waals surface area contributed by atoms with E-state index in [0.29, 0.717) is 29.4 Å². The summed E-state index contributed by atoms with van der Waals surface area (Å²) >= 11 is 6.04. The van der Waals surface area contributed by atoms with Gasteiger partial charge in [-0.2, -0.15) is 0 Å². The Hall–Kier alpha value is -2.37. The normalized spacial score (nSPS) is 11.7. The Bertz CT molecular complexity index is 760. The molecule has 0 saturated carbocycles. The third kappa shape index (κ3) is 5.59. The van der Waals surface area contributed by atoms with Crippen molar-refractivity contribution in [3.63, 3.8) is 0 Å². The molecule has 2 aromatic rings. The van der Waals surface area contributed by atoms with Crippen LogP contribution in [0.3, 0.4) is 0 Å². The number of quaternary nitrogens is 1. The Morgan fingerprint density at radius 2 is 1.84 bits per heavy atom. The number of ketones is 1. The molecule has 0 fully saturated rings. The molecule has 0 aromatic heterocycles. The molecule has 0 aliphatic heterocycles. The zero-order valence-corrected chi connectivity index (χ0v) is 15.3. The largest absolute Gasteiger partial charge is 0.496 e. The maximum atomic E-state index is 12.2. The van der Waals surface area contributed by atoms with E-state index in [1.807, 2.05) is 19.2 Å². The van der Waals surface area contributed by atoms with Crippen LogP contribution in [0, 0.1) is 0 Å². The maximum absolute atomic E-state index is 12.2. The van der Waals surface area contributed by atoms with Gasteiger partial charge in [0.15, 0.2) is 12.3 Å². The minimum atomic E-state index is -0.103. The smallest absolute Gasteiger partial charge is 0.279 e. The highest BCUT2D eigenvalue weighted by molar-refractivity contribution is 6.30. The van der Waals surface area contributed by atoms with Crippen LogP contribution in [0.4, 0.5) is 5.69 Å². The van der Waals surface area contributed by atoms with Gasteiger partial charge in [0.2, 0.25) is 0 Å². The average Bonchev–Trinajstić information content (AvgIpc) is 2.55. The van der Waals surface area contributed by atoms with Crippen LogP contribution in [0.5, 0.6) is 5.75 Å². The van der Waals surface area contributed by atoms with Crippen molar-refractivity contribution >= 4 is 29.0 Å². The predicted octanol–water partition coefficient (Wildman–Crippen LogP) is 2.20. The molecule has 2 rings (SSSR count). The second-order valence-electron chi connectivity index (χ2n) is 5.95. The van der Waals surface area contributed by atoms with Crippen molar-refractivity contribution in [2.24, 2.45) is 0 Å². The molecular formula is C19H22ClN2O3+. The lowest BCUT2D eigenvalue weighted by Gasteiger charge is -2.16. The predicted molar refractivity (Wildman–Crippen MR) is 98.5 cm³/mol. The number of hydrogen-bond acceptors (Lipinski definition) is 3. The average molecular weight is 362 g/mol. The van der Waals surface area contributed by atoms with Crippen molar-refractivity contribution in [3.8, 4) is 5.75 Å². The fourth-order valence-electron chi connectivity index (χ4n) is 2.54. The van der Waals surface area contributed by atoms with Crippen LogP contribution in [0.2, 0.25) is 5.02 Å². The van der Waals surface area contributed by atoms with E-state index in [2.05, 4.69) is 5.32 Å². The van der Waals surface area contributed by atoms with Crippen molar-refractivity contribution in [1.82, 2.24) is 0 Å². The highest BCUT2D eigenvalue weighted by Gasteiger charge is 2.14. The number of Topliss-reactive ketones (excluding diaryl/α,β-unsaturated/α-hetero) is 1. The molecule has 6 heteroatoms. The van der Waals surface area contributed by atoms with Crippen molar-refractivity contribution in [2.45, 2.75) is 13.5 Å². The highest BCUT2D eigenvalue weighted by Crippen LogP contribution is 2.21. The number of benzene rings is 2. The SMILES string of the molecule is COc1ccc(Cl)cc1C[NH+](C)CC(=O)Nc1ccc(C(C)=O)cc1. The quantitative estimate of drug-likeness (QED) is 0.743. The van der Waals surface area contributed by atoms with Gasteiger partial charge in [-0.05, 0) is 49.4 Å². The van der Waals surface area contributed by atoms with E-state index in [-0.39, 0.29) is 11.7 Å². The molecule has 2 aromatic carbocycles. The van der Waals surface area contributed by atoms with Gasteiger partial charge in [0.25, 0.3) is 5.91 Å². The molecule has 0 aliphatic carbocycles. The van der Waals surface area contributed by atoms with Crippen LogP contribution in [0.1, 0.15) is 22.8 Å². The topological polar surface area (TPSA) is 59.8 Å². The van der Waals surface area contributed by atoms with Crippen LogP contribution < -0.4 is 15.0 Å². The summed E-state index contributed by atoms with van der Waals surface area (Å²) in [6.07, 6.45) is 0. The molecule has 1 atom stereocenters. The Morgan fingerprint density at radius 1 is 1.16 bits per heavy atom. The zero-order chi connectivity index (χ0) is 18.4. The summed E-state index contributed by atoms with van der Waals surface area (Å²) in [4.78, 5) is 24.5. The number of hydrogen-bond donors (Lipinski definition) is 2. The summed E-state index contributed by atoms with van der Waals surface area (Å²) in [7, 11) is 3.54. The van der Waals surface area contributed by atoms with Crippen LogP contribution in [0.25, 0.3) is 0 Å². The molecule has 0 saturated heterocycles. The lowest BCUT2D eigenvalue weighted by atomic mass is 10.1. The van der Waals surface area contributed by atoms with Gasteiger partial charge in [0.05, 0.1) is 14.2 Å². The van der Waals surface area contributed by atoms with Crippen molar-refractivity contribution in [2.75, 3.05) is 26.0 Å². The third-order valence-corrected chi connectivity index (χ3v) is 4.01. The van der Waals surface area contributed by atoms with Crippen molar-refractivity contribution < 1.29 is 19.2 Å². The second kappa shape index (κ2) is 8.65. The molecule has 0 bridgehead atoms. The summed E-state index contributed by atoms with van der Waals surface area (Å²) < 4.78 is 5.33. The molecule has 0 heterocycles. The number of halogens is 1. The first-order valence-corrected chi connectivity index (χ1v) is 8.31. The van der Waals surface area contributed by atoms with E-state index >= 15 is 0 Å². The Morgan fingerprint density at radius 3 is 2.44 bits per heavy atom. The number of likely N-dealkylation sites (N-methyl/N-ethyl adjacent to an activating group) is 1. The Balaban J connectivity index is 1.94. The zero-order valence-electron chi connectivity index (χ0n) is 14.6. The van der Waals surface area contributed by atoms with Crippen LogP contribution in [-0.4, -0.2) is 32.4 Å². The van der Waals surface area contributed by atoms with Crippen LogP contribution >= 0.6 is 11.6 Å². The molecule has 0 radical (unpaired) electrons. The molecular weight excluding hydrogens is 340 g/mol. The summed E-state index contributed by atoms with van der Waals surface area (Å²) in [5.41, 5.74) is 2.24. The van der Waals surface area contributed by atoms with Crippen molar-refractivity contribution in [3.05, 3.63) is 58.6 Å². The lowest BCUT2D eigenvalue weighted by molar-refractivity contribution is -0.885. The van der Waals surface area contributed by atoms with Crippen LogP contribution in [0.15, 0.2) is 42.5 Å². The maximum Gasteiger partial charge on any atom is 0.279 e. The fourth-order valence-corrected chi connectivity index (χ4v) is 2.74. The standard InChI is InChI=1S/C19H21ClN2O3/c1-13(23)14-4-7-17(8-5-14)21-19(24)12-22(2)11-15-10-16(20)6-9-18(15)25-3/h4-10H,11-12H2,1-3H3,(H,21,24)/p+1. The number of rotatable bonds is 7. The first kappa shape index (κ1) is 19.0. The first-order chi connectivity index (χ1) is 11.9.